The van der Waals surface area contributed by atoms with E-state index >= 15 is 0 Å². The van der Waals surface area contributed by atoms with Crippen molar-refractivity contribution in [3.63, 3.8) is 0 Å². The van der Waals surface area contributed by atoms with Gasteiger partial charge in [-0.1, -0.05) is 0 Å². The molecule has 4 aliphatic rings. The topological polar surface area (TPSA) is 63.8 Å². The highest BCUT2D eigenvalue weighted by molar-refractivity contribution is 4.92. The highest BCUT2D eigenvalue weighted by Crippen LogP contribution is 2.40. The number of aliphatic hydroxyl groups is 1. The van der Waals surface area contributed by atoms with Gasteiger partial charge in [0.15, 0.2) is 0 Å². The Balaban J connectivity index is 1.03. The molecule has 0 radical (unpaired) electrons. The van der Waals surface area contributed by atoms with Gasteiger partial charge in [-0.15, -0.1) is 0 Å². The van der Waals surface area contributed by atoms with E-state index in [2.05, 4.69) is 0 Å². The summed E-state index contributed by atoms with van der Waals surface area (Å²) in [6, 6.07) is 0. The third kappa shape index (κ3) is 4.01. The SMILES string of the molecule is OC(COCC1CCC2OC2C1)COCC1CCC2OC2C1. The molecule has 0 amide bonds. The number of fused-ring (bicyclic) bond motifs is 2. The molecular weight excluding hydrogens is 284 g/mol. The van der Waals surface area contributed by atoms with Crippen LogP contribution >= 0.6 is 0 Å². The predicted molar refractivity (Wildman–Crippen MR) is 79.6 cm³/mol. The highest BCUT2D eigenvalue weighted by atomic mass is 16.6. The van der Waals surface area contributed by atoms with Gasteiger partial charge in [-0.2, -0.15) is 0 Å². The van der Waals surface area contributed by atoms with Gasteiger partial charge in [0.05, 0.1) is 37.6 Å². The lowest BCUT2D eigenvalue weighted by Gasteiger charge is -2.21. The first kappa shape index (κ1) is 15.3. The van der Waals surface area contributed by atoms with E-state index in [1.807, 2.05) is 0 Å². The molecule has 5 heteroatoms. The summed E-state index contributed by atoms with van der Waals surface area (Å²) < 4.78 is 22.4. The normalized spacial score (nSPS) is 44.0. The summed E-state index contributed by atoms with van der Waals surface area (Å²) in [6.45, 7) is 2.24. The zero-order chi connectivity index (χ0) is 14.9. The van der Waals surface area contributed by atoms with Crippen LogP contribution in [0.4, 0.5) is 0 Å². The van der Waals surface area contributed by atoms with Crippen molar-refractivity contribution >= 4 is 0 Å². The van der Waals surface area contributed by atoms with Gasteiger partial charge in [0, 0.05) is 13.2 Å². The molecule has 2 heterocycles. The summed E-state index contributed by atoms with van der Waals surface area (Å²) in [5, 5.41) is 9.93. The zero-order valence-corrected chi connectivity index (χ0v) is 13.2. The first-order chi connectivity index (χ1) is 10.8. The van der Waals surface area contributed by atoms with E-state index in [0.29, 0.717) is 49.5 Å². The Bertz CT molecular complexity index is 342. The van der Waals surface area contributed by atoms with Crippen LogP contribution in [0, 0.1) is 11.8 Å². The second-order valence-corrected chi connectivity index (χ2v) is 7.51. The van der Waals surface area contributed by atoms with Crippen molar-refractivity contribution in [2.45, 2.75) is 69.0 Å². The summed E-state index contributed by atoms with van der Waals surface area (Å²) in [6.07, 6.45) is 8.59. The number of hydrogen-bond acceptors (Lipinski definition) is 5. The molecule has 4 rings (SSSR count). The molecule has 126 valence electrons. The molecule has 6 unspecified atom stereocenters. The predicted octanol–water partition coefficient (Wildman–Crippen LogP) is 1.52. The molecule has 2 saturated heterocycles. The van der Waals surface area contributed by atoms with Crippen LogP contribution in [0.25, 0.3) is 0 Å². The van der Waals surface area contributed by atoms with Crippen molar-refractivity contribution in [1.82, 2.24) is 0 Å². The summed E-state index contributed by atoms with van der Waals surface area (Å²) >= 11 is 0. The van der Waals surface area contributed by atoms with E-state index in [1.54, 1.807) is 0 Å². The second-order valence-electron chi connectivity index (χ2n) is 7.51. The molecule has 1 N–H and O–H groups in total. The maximum Gasteiger partial charge on any atom is 0.101 e. The maximum atomic E-state index is 9.93. The van der Waals surface area contributed by atoms with Crippen LogP contribution in [0.15, 0.2) is 0 Å². The molecule has 4 fully saturated rings. The Morgan fingerprint density at radius 2 is 1.27 bits per heavy atom. The van der Waals surface area contributed by atoms with Crippen molar-refractivity contribution in [2.75, 3.05) is 26.4 Å². The monoisotopic (exact) mass is 312 g/mol. The molecule has 0 aromatic heterocycles. The van der Waals surface area contributed by atoms with E-state index in [0.717, 1.165) is 26.1 Å². The van der Waals surface area contributed by atoms with Crippen LogP contribution < -0.4 is 0 Å². The molecule has 22 heavy (non-hydrogen) atoms. The van der Waals surface area contributed by atoms with Crippen LogP contribution in [0.5, 0.6) is 0 Å². The fourth-order valence-electron chi connectivity index (χ4n) is 4.07. The number of hydrogen-bond donors (Lipinski definition) is 1. The fourth-order valence-corrected chi connectivity index (χ4v) is 4.07. The van der Waals surface area contributed by atoms with Gasteiger partial charge in [-0.3, -0.25) is 0 Å². The van der Waals surface area contributed by atoms with Gasteiger partial charge < -0.3 is 24.1 Å². The Morgan fingerprint density at radius 1 is 0.773 bits per heavy atom. The third-order valence-corrected chi connectivity index (χ3v) is 5.55. The molecule has 0 spiro atoms. The van der Waals surface area contributed by atoms with E-state index in [-0.39, 0.29) is 0 Å². The highest BCUT2D eigenvalue weighted by Gasteiger charge is 2.44. The molecular formula is C17H28O5. The number of ether oxygens (including phenoxy) is 4. The molecule has 5 nitrogen and oxygen atoms in total. The van der Waals surface area contributed by atoms with Crippen molar-refractivity contribution < 1.29 is 24.1 Å². The minimum atomic E-state index is -0.512. The molecule has 0 aromatic rings. The van der Waals surface area contributed by atoms with Crippen LogP contribution in [0.1, 0.15) is 38.5 Å². The Labute approximate surface area is 132 Å². The van der Waals surface area contributed by atoms with Crippen molar-refractivity contribution in [3.8, 4) is 0 Å². The molecule has 0 aromatic carbocycles. The lowest BCUT2D eigenvalue weighted by Crippen LogP contribution is -2.27. The van der Waals surface area contributed by atoms with Crippen molar-refractivity contribution in [1.29, 1.82) is 0 Å². The largest absolute Gasteiger partial charge is 0.388 e. The van der Waals surface area contributed by atoms with Crippen molar-refractivity contribution in [2.24, 2.45) is 11.8 Å². The average Bonchev–Trinajstić information content (AvgIpc) is 3.40. The smallest absolute Gasteiger partial charge is 0.101 e. The summed E-state index contributed by atoms with van der Waals surface area (Å²) in [7, 11) is 0. The number of rotatable bonds is 8. The molecule has 2 aliphatic heterocycles. The van der Waals surface area contributed by atoms with E-state index < -0.39 is 6.10 Å². The summed E-state index contributed by atoms with van der Waals surface area (Å²) in [5.74, 6) is 1.20. The fraction of sp³-hybridized carbons (Fsp3) is 1.00. The van der Waals surface area contributed by atoms with E-state index in [9.17, 15) is 5.11 Å². The first-order valence-electron chi connectivity index (χ1n) is 8.92. The van der Waals surface area contributed by atoms with Crippen LogP contribution in [0.3, 0.4) is 0 Å². The molecule has 2 aliphatic carbocycles. The van der Waals surface area contributed by atoms with E-state index in [4.69, 9.17) is 18.9 Å². The molecule has 2 saturated carbocycles. The van der Waals surface area contributed by atoms with Gasteiger partial charge >= 0.3 is 0 Å². The summed E-state index contributed by atoms with van der Waals surface area (Å²) in [5.41, 5.74) is 0. The van der Waals surface area contributed by atoms with Gasteiger partial charge in [-0.25, -0.2) is 0 Å². The first-order valence-corrected chi connectivity index (χ1v) is 8.92. The molecule has 6 atom stereocenters. The Kier molecular flexibility index (Phi) is 4.69. The van der Waals surface area contributed by atoms with Crippen LogP contribution in [0.2, 0.25) is 0 Å². The zero-order valence-electron chi connectivity index (χ0n) is 13.2. The third-order valence-electron chi connectivity index (χ3n) is 5.55. The van der Waals surface area contributed by atoms with Gasteiger partial charge in [-0.05, 0) is 50.4 Å². The lowest BCUT2D eigenvalue weighted by molar-refractivity contribution is -0.0358. The van der Waals surface area contributed by atoms with E-state index in [1.165, 1.54) is 25.7 Å². The van der Waals surface area contributed by atoms with Gasteiger partial charge in [0.2, 0.25) is 0 Å². The van der Waals surface area contributed by atoms with Crippen LogP contribution in [-0.2, 0) is 18.9 Å². The van der Waals surface area contributed by atoms with Gasteiger partial charge in [0.1, 0.15) is 6.10 Å². The van der Waals surface area contributed by atoms with Crippen molar-refractivity contribution in [3.05, 3.63) is 0 Å². The minimum Gasteiger partial charge on any atom is -0.388 e. The maximum absolute atomic E-state index is 9.93. The lowest BCUT2D eigenvalue weighted by atomic mass is 9.90. The minimum absolute atomic E-state index is 0.379. The van der Waals surface area contributed by atoms with Gasteiger partial charge in [0.25, 0.3) is 0 Å². The summed E-state index contributed by atoms with van der Waals surface area (Å²) in [4.78, 5) is 0. The van der Waals surface area contributed by atoms with Crippen LogP contribution in [-0.4, -0.2) is 62.1 Å². The number of epoxide rings is 2. The molecule has 0 bridgehead atoms. The second kappa shape index (κ2) is 6.73. The number of aliphatic hydroxyl groups excluding tert-OH is 1. The standard InChI is InChI=1S/C17H28O5/c18-13(9-19-7-11-1-3-14-16(5-11)21-14)10-20-8-12-2-4-15-17(6-12)22-15/h11-18H,1-10H2. The Hall–Kier alpha value is -0.200. The quantitative estimate of drug-likeness (QED) is 0.688. The Morgan fingerprint density at radius 3 is 1.73 bits per heavy atom. The average molecular weight is 312 g/mol.